The Balaban J connectivity index is 0.00000265. The Morgan fingerprint density at radius 1 is 1.24 bits per heavy atom. The van der Waals surface area contributed by atoms with E-state index in [1.165, 1.54) is 30.4 Å². The number of carboxylic acid groups (broad SMARTS) is 1. The minimum absolute atomic E-state index is 0.0216. The highest BCUT2D eigenvalue weighted by atomic mass is 32.1. The van der Waals surface area contributed by atoms with Crippen LogP contribution < -0.4 is 10.2 Å². The van der Waals surface area contributed by atoms with E-state index in [1.807, 2.05) is 13.8 Å². The lowest BCUT2D eigenvalue weighted by atomic mass is 9.97. The number of carbonyl (C=O) groups excluding carboxylic acids is 1. The molecule has 0 spiro atoms. The first-order valence-corrected chi connectivity index (χ1v) is 10.3. The van der Waals surface area contributed by atoms with Gasteiger partial charge in [-0.25, -0.2) is 19.4 Å². The maximum absolute atomic E-state index is 13.5. The van der Waals surface area contributed by atoms with Crippen molar-refractivity contribution in [3.8, 4) is 11.3 Å². The molecule has 0 amide bonds. The van der Waals surface area contributed by atoms with E-state index in [1.54, 1.807) is 25.3 Å². The number of nitrogens with zero attached hydrogens (tertiary/aromatic N) is 3. The van der Waals surface area contributed by atoms with Crippen molar-refractivity contribution in [2.24, 2.45) is 0 Å². The molecule has 0 saturated heterocycles. The molecule has 1 aromatic carbocycles. The van der Waals surface area contributed by atoms with Crippen molar-refractivity contribution in [2.75, 3.05) is 19.2 Å². The van der Waals surface area contributed by atoms with Crippen LogP contribution in [0.5, 0.6) is 0 Å². The Kier molecular flexibility index (Phi) is 11.6. The third-order valence-electron chi connectivity index (χ3n) is 4.58. The minimum Gasteiger partial charge on any atom is -0.550 e. The molecule has 180 valence electrons. The van der Waals surface area contributed by atoms with Crippen molar-refractivity contribution in [1.82, 2.24) is 9.97 Å². The summed E-state index contributed by atoms with van der Waals surface area (Å²) < 4.78 is 21.3. The van der Waals surface area contributed by atoms with Crippen LogP contribution in [0.2, 0.25) is 0 Å². The van der Waals surface area contributed by atoms with E-state index < -0.39 is 24.6 Å². The van der Waals surface area contributed by atoms with Gasteiger partial charge in [-0.05, 0) is 30.2 Å². The number of carbonyl (C=O) groups is 1. The van der Waals surface area contributed by atoms with Crippen LogP contribution in [0.4, 0.5) is 10.3 Å². The van der Waals surface area contributed by atoms with Gasteiger partial charge >= 0.3 is 0 Å². The van der Waals surface area contributed by atoms with Crippen LogP contribution in [-0.4, -0.2) is 56.7 Å². The third-order valence-corrected chi connectivity index (χ3v) is 4.58. The van der Waals surface area contributed by atoms with Crippen LogP contribution in [0.1, 0.15) is 43.9 Å². The van der Waals surface area contributed by atoms with Crippen molar-refractivity contribution in [3.05, 3.63) is 47.4 Å². The van der Waals surface area contributed by atoms with Crippen molar-refractivity contribution >= 4 is 30.5 Å². The van der Waals surface area contributed by atoms with Crippen LogP contribution >= 0.6 is 0 Å². The maximum Gasteiger partial charge on any atom is 0.250 e. The van der Waals surface area contributed by atoms with Crippen LogP contribution in [0.15, 0.2) is 30.3 Å². The number of halogens is 1. The lowest BCUT2D eigenvalue weighted by Crippen LogP contribution is -2.29. The largest absolute Gasteiger partial charge is 0.550 e. The summed E-state index contributed by atoms with van der Waals surface area (Å²) in [5, 5.41) is 31.9. The fourth-order valence-corrected chi connectivity index (χ4v) is 2.97. The lowest BCUT2D eigenvalue weighted by molar-refractivity contribution is -0.307. The fraction of sp³-hybridized carbons (Fsp3) is 0.409. The van der Waals surface area contributed by atoms with Crippen molar-refractivity contribution in [2.45, 2.75) is 44.8 Å². The molecule has 11 heteroatoms. The van der Waals surface area contributed by atoms with Crippen LogP contribution in [0, 0.1) is 5.82 Å². The van der Waals surface area contributed by atoms with Gasteiger partial charge in [0.05, 0.1) is 30.7 Å². The second-order valence-corrected chi connectivity index (χ2v) is 7.40. The lowest BCUT2D eigenvalue weighted by Gasteiger charge is -2.20. The molecule has 0 aliphatic heterocycles. The molecule has 0 unspecified atom stereocenters. The Morgan fingerprint density at radius 2 is 1.85 bits per heavy atom. The van der Waals surface area contributed by atoms with E-state index in [4.69, 9.17) is 9.05 Å². The first-order valence-electron chi connectivity index (χ1n) is 9.98. The molecule has 0 saturated carbocycles. The zero-order valence-corrected chi connectivity index (χ0v) is 19.6. The summed E-state index contributed by atoms with van der Waals surface area (Å²) in [5.74, 6) is -1.49. The number of aromatic nitrogens is 2. The Bertz CT molecular complexity index is 942. The Morgan fingerprint density at radius 3 is 2.36 bits per heavy atom. The normalized spacial score (nSPS) is 12.8. The molecule has 2 atom stereocenters. The number of anilines is 1. The highest BCUT2D eigenvalue weighted by molar-refractivity contribution is 7.44. The van der Waals surface area contributed by atoms with E-state index in [0.717, 1.165) is 0 Å². The standard InChI is InChI=1S/C22H28FN3O5.OS/c1-13(2)20-18(10-9-16(27)11-17(28)12-19(29)30)21(14-5-7-15(23)8-6-14)25-22(24-20)26(3)31-4;1-2/h5-10,13,16-17,27-28H,11-12H2,1-4H3,(H,29,30);/p-1/b10-9+;/t16-,17-;/m1./s1. The molecule has 2 N–H and O–H groups in total. The molecule has 1 aromatic heterocycles. The number of hydroxylamine groups is 1. The third kappa shape index (κ3) is 8.54. The zero-order valence-electron chi connectivity index (χ0n) is 18.8. The number of benzene rings is 1. The van der Waals surface area contributed by atoms with E-state index in [2.05, 4.69) is 22.5 Å². The van der Waals surface area contributed by atoms with Gasteiger partial charge in [0.2, 0.25) is 5.95 Å². The zero-order chi connectivity index (χ0) is 25.1. The molecule has 0 aliphatic carbocycles. The van der Waals surface area contributed by atoms with Crippen LogP contribution in [0.25, 0.3) is 17.3 Å². The predicted molar refractivity (Wildman–Crippen MR) is 120 cm³/mol. The van der Waals surface area contributed by atoms with Gasteiger partial charge in [-0.15, -0.1) is 0 Å². The number of aliphatic carboxylic acids is 1. The quantitative estimate of drug-likeness (QED) is 0.479. The summed E-state index contributed by atoms with van der Waals surface area (Å²) in [6.45, 7) is 3.90. The molecule has 0 aliphatic rings. The molecular weight excluding hydrogens is 453 g/mol. The van der Waals surface area contributed by atoms with Gasteiger partial charge in [-0.1, -0.05) is 26.0 Å². The SMILES string of the molecule is CON(C)c1nc(-c2ccc(F)cc2)c(/C=C/[C@@H](O)C[C@@H](O)CC(=O)[O-])c(C(C)C)n1.O=S. The number of hydrogen-bond donors (Lipinski definition) is 2. The molecule has 1 heterocycles. The van der Waals surface area contributed by atoms with E-state index in [-0.39, 0.29) is 18.2 Å². The van der Waals surface area contributed by atoms with Crippen molar-refractivity contribution in [3.63, 3.8) is 0 Å². The minimum atomic E-state index is -1.39. The van der Waals surface area contributed by atoms with Gasteiger partial charge in [-0.3, -0.25) is 4.84 Å². The fourth-order valence-electron chi connectivity index (χ4n) is 2.97. The van der Waals surface area contributed by atoms with Gasteiger partial charge in [0.15, 0.2) is 12.5 Å². The highest BCUT2D eigenvalue weighted by Gasteiger charge is 2.19. The predicted octanol–water partition coefficient (Wildman–Crippen LogP) is 1.33. The van der Waals surface area contributed by atoms with Gasteiger partial charge in [0, 0.05) is 37.0 Å². The van der Waals surface area contributed by atoms with E-state index >= 15 is 0 Å². The highest BCUT2D eigenvalue weighted by Crippen LogP contribution is 2.31. The molecule has 9 nitrogen and oxygen atoms in total. The summed E-state index contributed by atoms with van der Waals surface area (Å²) in [6.07, 6.45) is -0.00354. The maximum atomic E-state index is 13.5. The smallest absolute Gasteiger partial charge is 0.250 e. The average Bonchev–Trinajstić information content (AvgIpc) is 2.77. The molecule has 0 radical (unpaired) electrons. The Hall–Kier alpha value is -2.86. The number of aliphatic hydroxyl groups is 2. The second-order valence-electron chi connectivity index (χ2n) is 7.40. The second kappa shape index (κ2) is 13.6. The molecule has 2 rings (SSSR count). The average molecular weight is 481 g/mol. The summed E-state index contributed by atoms with van der Waals surface area (Å²) in [7, 11) is 3.14. The topological polar surface area (TPSA) is 136 Å². The van der Waals surface area contributed by atoms with Crippen molar-refractivity contribution in [1.29, 1.82) is 0 Å². The summed E-state index contributed by atoms with van der Waals surface area (Å²) in [4.78, 5) is 24.9. The van der Waals surface area contributed by atoms with Gasteiger partial charge < -0.3 is 20.1 Å². The number of aliphatic hydroxyl groups excluding tert-OH is 2. The van der Waals surface area contributed by atoms with Gasteiger partial charge in [0.1, 0.15) is 5.82 Å². The molecular formula is C22H27FN3O6S-. The van der Waals surface area contributed by atoms with Crippen LogP contribution in [-0.2, 0) is 22.2 Å². The summed E-state index contributed by atoms with van der Waals surface area (Å²) in [6, 6.07) is 5.83. The molecule has 0 bridgehead atoms. The molecule has 2 aromatic rings. The number of hydrogen-bond acceptors (Lipinski definition) is 10. The Labute approximate surface area is 197 Å². The number of rotatable bonds is 10. The van der Waals surface area contributed by atoms with E-state index in [9.17, 15) is 24.5 Å². The first kappa shape index (κ1) is 28.2. The number of carboxylic acids is 1. The van der Waals surface area contributed by atoms with Gasteiger partial charge in [0.25, 0.3) is 0 Å². The van der Waals surface area contributed by atoms with E-state index in [0.29, 0.717) is 28.5 Å². The molecule has 0 fully saturated rings. The monoisotopic (exact) mass is 480 g/mol. The van der Waals surface area contributed by atoms with Gasteiger partial charge in [-0.2, -0.15) is 4.21 Å². The summed E-state index contributed by atoms with van der Waals surface area (Å²) >= 11 is 2.83. The van der Waals surface area contributed by atoms with Crippen molar-refractivity contribution < 1.29 is 33.6 Å². The summed E-state index contributed by atoms with van der Waals surface area (Å²) in [5.41, 5.74) is 2.44. The molecule has 33 heavy (non-hydrogen) atoms. The van der Waals surface area contributed by atoms with Crippen LogP contribution in [0.3, 0.4) is 0 Å². The first-order chi connectivity index (χ1) is 15.6.